The van der Waals surface area contributed by atoms with E-state index in [-0.39, 0.29) is 18.8 Å². The molecule has 0 unspecified atom stereocenters. The Morgan fingerprint density at radius 2 is 1.96 bits per heavy atom. The second-order valence-electron chi connectivity index (χ2n) is 5.35. The van der Waals surface area contributed by atoms with E-state index in [9.17, 15) is 9.59 Å². The van der Waals surface area contributed by atoms with Crippen molar-refractivity contribution in [1.82, 2.24) is 9.56 Å². The Morgan fingerprint density at radius 1 is 1.21 bits per heavy atom. The minimum absolute atomic E-state index is 0.105. The van der Waals surface area contributed by atoms with Crippen LogP contribution in [0, 0.1) is 13.8 Å². The van der Waals surface area contributed by atoms with Crippen LogP contribution in [0.5, 0.6) is 5.75 Å². The van der Waals surface area contributed by atoms with E-state index in [1.807, 2.05) is 19.1 Å². The third-order valence-corrected chi connectivity index (χ3v) is 3.28. The molecule has 124 valence electrons. The van der Waals surface area contributed by atoms with Gasteiger partial charge in [-0.2, -0.15) is 0 Å². The van der Waals surface area contributed by atoms with E-state index in [0.717, 1.165) is 10.1 Å². The minimum atomic E-state index is -0.541. The van der Waals surface area contributed by atoms with Crippen LogP contribution in [0.3, 0.4) is 0 Å². The Bertz CT molecular complexity index is 924. The lowest BCUT2D eigenvalue weighted by Gasteiger charge is -2.07. The lowest BCUT2D eigenvalue weighted by Crippen LogP contribution is -2.17. The van der Waals surface area contributed by atoms with Crippen molar-refractivity contribution in [2.24, 2.45) is 0 Å². The monoisotopic (exact) mass is 328 g/mol. The SMILES string of the molecule is Cc1ccc(OCC(=O)OCc2cc(=O)n3oc(C)cc3n2)cc1. The fourth-order valence-electron chi connectivity index (χ4n) is 2.12. The van der Waals surface area contributed by atoms with Gasteiger partial charge in [0.05, 0.1) is 5.69 Å². The summed E-state index contributed by atoms with van der Waals surface area (Å²) >= 11 is 0. The first-order chi connectivity index (χ1) is 11.5. The summed E-state index contributed by atoms with van der Waals surface area (Å²) < 4.78 is 16.7. The molecular formula is C17H16N2O5. The number of aryl methyl sites for hydroxylation is 2. The first-order valence-corrected chi connectivity index (χ1v) is 7.36. The van der Waals surface area contributed by atoms with Gasteiger partial charge in [0.2, 0.25) is 0 Å². The van der Waals surface area contributed by atoms with Crippen molar-refractivity contribution in [1.29, 1.82) is 0 Å². The van der Waals surface area contributed by atoms with Gasteiger partial charge in [0.1, 0.15) is 18.1 Å². The topological polar surface area (TPSA) is 83.0 Å². The summed E-state index contributed by atoms with van der Waals surface area (Å²) in [7, 11) is 0. The molecule has 0 bridgehead atoms. The number of benzene rings is 1. The fraction of sp³-hybridized carbons (Fsp3) is 0.235. The standard InChI is InChI=1S/C17H16N2O5/c1-11-3-5-14(6-4-11)22-10-17(21)23-9-13-8-16(20)19-15(18-13)7-12(2)24-19/h3-8H,9-10H2,1-2H3. The molecule has 3 aromatic rings. The molecule has 0 N–H and O–H groups in total. The predicted octanol–water partition coefficient (Wildman–Crippen LogP) is 2.03. The van der Waals surface area contributed by atoms with Gasteiger partial charge in [-0.05, 0) is 26.0 Å². The van der Waals surface area contributed by atoms with Crippen LogP contribution in [0.2, 0.25) is 0 Å². The largest absolute Gasteiger partial charge is 0.482 e. The van der Waals surface area contributed by atoms with Gasteiger partial charge >= 0.3 is 5.97 Å². The van der Waals surface area contributed by atoms with Gasteiger partial charge in [-0.1, -0.05) is 17.7 Å². The van der Waals surface area contributed by atoms with Crippen molar-refractivity contribution in [3.05, 3.63) is 63.8 Å². The van der Waals surface area contributed by atoms with Crippen molar-refractivity contribution in [2.45, 2.75) is 20.5 Å². The second-order valence-corrected chi connectivity index (χ2v) is 5.35. The number of aromatic nitrogens is 2. The quantitative estimate of drug-likeness (QED) is 0.666. The highest BCUT2D eigenvalue weighted by molar-refractivity contribution is 5.71. The molecule has 0 aliphatic heterocycles. The summed E-state index contributed by atoms with van der Waals surface area (Å²) in [4.78, 5) is 27.8. The van der Waals surface area contributed by atoms with Gasteiger partial charge in [0.25, 0.3) is 5.56 Å². The molecule has 0 saturated heterocycles. The van der Waals surface area contributed by atoms with Gasteiger partial charge < -0.3 is 14.0 Å². The van der Waals surface area contributed by atoms with Crippen LogP contribution in [0.15, 0.2) is 45.7 Å². The molecule has 0 fully saturated rings. The Morgan fingerprint density at radius 3 is 2.71 bits per heavy atom. The van der Waals surface area contributed by atoms with Gasteiger partial charge in [-0.3, -0.25) is 4.79 Å². The number of carbonyl (C=O) groups is 1. The summed E-state index contributed by atoms with van der Waals surface area (Å²) in [5.41, 5.74) is 1.47. The molecule has 24 heavy (non-hydrogen) atoms. The van der Waals surface area contributed by atoms with E-state index >= 15 is 0 Å². The van der Waals surface area contributed by atoms with E-state index in [0.29, 0.717) is 22.9 Å². The van der Waals surface area contributed by atoms with Gasteiger partial charge in [0, 0.05) is 12.1 Å². The first kappa shape index (κ1) is 15.8. The summed E-state index contributed by atoms with van der Waals surface area (Å²) in [5, 5.41) is 0. The Labute approximate surface area is 137 Å². The molecule has 3 rings (SSSR count). The maximum absolute atomic E-state index is 11.9. The second kappa shape index (κ2) is 6.57. The fourth-order valence-corrected chi connectivity index (χ4v) is 2.12. The Balaban J connectivity index is 1.58. The lowest BCUT2D eigenvalue weighted by molar-refractivity contribution is -0.147. The molecule has 7 heteroatoms. The van der Waals surface area contributed by atoms with Crippen LogP contribution in [-0.2, 0) is 16.1 Å². The van der Waals surface area contributed by atoms with Crippen LogP contribution < -0.4 is 10.3 Å². The van der Waals surface area contributed by atoms with Crippen LogP contribution in [0.1, 0.15) is 17.0 Å². The van der Waals surface area contributed by atoms with Gasteiger partial charge in [0.15, 0.2) is 12.3 Å². The first-order valence-electron chi connectivity index (χ1n) is 7.36. The molecule has 2 aromatic heterocycles. The average molecular weight is 328 g/mol. The maximum atomic E-state index is 11.9. The van der Waals surface area contributed by atoms with E-state index in [2.05, 4.69) is 4.98 Å². The van der Waals surface area contributed by atoms with Crippen LogP contribution >= 0.6 is 0 Å². The molecule has 7 nitrogen and oxygen atoms in total. The Hall–Kier alpha value is -3.09. The van der Waals surface area contributed by atoms with Gasteiger partial charge in [-0.15, -0.1) is 4.57 Å². The molecule has 0 spiro atoms. The van der Waals surface area contributed by atoms with E-state index in [4.69, 9.17) is 14.0 Å². The zero-order valence-corrected chi connectivity index (χ0v) is 13.3. The van der Waals surface area contributed by atoms with Crippen molar-refractivity contribution in [3.63, 3.8) is 0 Å². The molecule has 0 aliphatic carbocycles. The van der Waals surface area contributed by atoms with E-state index < -0.39 is 5.97 Å². The molecular weight excluding hydrogens is 312 g/mol. The number of fused-ring (bicyclic) bond motifs is 1. The zero-order valence-electron chi connectivity index (χ0n) is 13.3. The molecule has 0 amide bonds. The maximum Gasteiger partial charge on any atom is 0.344 e. The van der Waals surface area contributed by atoms with Crippen molar-refractivity contribution in [3.8, 4) is 5.75 Å². The number of ether oxygens (including phenoxy) is 2. The van der Waals surface area contributed by atoms with E-state index in [1.165, 1.54) is 6.07 Å². The molecule has 2 heterocycles. The highest BCUT2D eigenvalue weighted by Crippen LogP contribution is 2.11. The third-order valence-electron chi connectivity index (χ3n) is 3.28. The number of esters is 1. The molecule has 0 saturated carbocycles. The summed E-state index contributed by atoms with van der Waals surface area (Å²) in [6.07, 6.45) is 0. The lowest BCUT2D eigenvalue weighted by atomic mass is 10.2. The number of hydrogen-bond acceptors (Lipinski definition) is 6. The Kier molecular flexibility index (Phi) is 4.33. The molecule has 0 radical (unpaired) electrons. The summed E-state index contributed by atoms with van der Waals surface area (Å²) in [5.74, 6) is 0.616. The van der Waals surface area contributed by atoms with Crippen LogP contribution in [0.25, 0.3) is 5.65 Å². The molecule has 0 atom stereocenters. The summed E-state index contributed by atoms with van der Waals surface area (Å²) in [6, 6.07) is 10.2. The minimum Gasteiger partial charge on any atom is -0.482 e. The predicted molar refractivity (Wildman–Crippen MR) is 84.9 cm³/mol. The average Bonchev–Trinajstić information content (AvgIpc) is 2.93. The van der Waals surface area contributed by atoms with Crippen molar-refractivity contribution >= 4 is 11.6 Å². The number of rotatable bonds is 5. The van der Waals surface area contributed by atoms with Crippen molar-refractivity contribution in [2.75, 3.05) is 6.61 Å². The number of nitrogens with zero attached hydrogens (tertiary/aromatic N) is 2. The van der Waals surface area contributed by atoms with Crippen LogP contribution in [0.4, 0.5) is 0 Å². The number of carbonyl (C=O) groups excluding carboxylic acids is 1. The highest BCUT2D eigenvalue weighted by atomic mass is 16.6. The van der Waals surface area contributed by atoms with Crippen LogP contribution in [-0.4, -0.2) is 22.1 Å². The zero-order chi connectivity index (χ0) is 17.1. The smallest absolute Gasteiger partial charge is 0.344 e. The van der Waals surface area contributed by atoms with E-state index in [1.54, 1.807) is 25.1 Å². The molecule has 1 aromatic carbocycles. The summed E-state index contributed by atoms with van der Waals surface area (Å²) in [6.45, 7) is 3.36. The number of hydrogen-bond donors (Lipinski definition) is 0. The van der Waals surface area contributed by atoms with Gasteiger partial charge in [-0.25, -0.2) is 9.78 Å². The normalized spacial score (nSPS) is 10.8. The highest BCUT2D eigenvalue weighted by Gasteiger charge is 2.09. The molecule has 0 aliphatic rings. The van der Waals surface area contributed by atoms with Crippen molar-refractivity contribution < 1.29 is 18.8 Å². The third kappa shape index (κ3) is 3.62.